The summed E-state index contributed by atoms with van der Waals surface area (Å²) in [7, 11) is 0. The van der Waals surface area contributed by atoms with Crippen LogP contribution in [0.5, 0.6) is 5.75 Å². The first kappa shape index (κ1) is 24.7. The van der Waals surface area contributed by atoms with Gasteiger partial charge >= 0.3 is 12.4 Å². The van der Waals surface area contributed by atoms with Gasteiger partial charge in [-0.15, -0.1) is 13.2 Å². The summed E-state index contributed by atoms with van der Waals surface area (Å²) in [6.45, 7) is 1.91. The second kappa shape index (κ2) is 9.34. The molecule has 1 aliphatic rings. The van der Waals surface area contributed by atoms with Gasteiger partial charge in [-0.2, -0.15) is 10.4 Å². The number of likely N-dealkylation sites (tertiary alicyclic amines) is 1. The molecule has 2 atom stereocenters. The summed E-state index contributed by atoms with van der Waals surface area (Å²) in [6, 6.07) is 6.75. The van der Waals surface area contributed by atoms with E-state index in [1.807, 2.05) is 6.07 Å². The summed E-state index contributed by atoms with van der Waals surface area (Å²) in [5.74, 6) is -1.11. The Labute approximate surface area is 202 Å². The molecule has 1 fully saturated rings. The number of aliphatic hydroxyl groups is 1. The maximum absolute atomic E-state index is 12.8. The molecule has 5 N–H and O–H groups in total. The molecule has 0 aliphatic carbocycles. The number of ether oxygens (including phenoxy) is 1. The number of nitrogens with two attached hydrogens (primary N) is 1. The van der Waals surface area contributed by atoms with Crippen LogP contribution in [-0.4, -0.2) is 55.7 Å². The first-order valence-electron chi connectivity index (χ1n) is 10.7. The van der Waals surface area contributed by atoms with E-state index in [0.29, 0.717) is 11.3 Å². The van der Waals surface area contributed by atoms with Gasteiger partial charge in [0.2, 0.25) is 0 Å². The summed E-state index contributed by atoms with van der Waals surface area (Å²) in [5, 5.41) is 29.7. The van der Waals surface area contributed by atoms with Gasteiger partial charge in [0, 0.05) is 30.9 Å². The van der Waals surface area contributed by atoms with Crippen molar-refractivity contribution in [1.82, 2.24) is 30.4 Å². The normalized spacial score (nSPS) is 18.5. The number of hydrogen-bond donors (Lipinski definition) is 4. The predicted octanol–water partition coefficient (Wildman–Crippen LogP) is 2.58. The van der Waals surface area contributed by atoms with E-state index in [9.17, 15) is 23.1 Å². The van der Waals surface area contributed by atoms with Crippen LogP contribution in [0.1, 0.15) is 36.3 Å². The number of alkyl halides is 3. The lowest BCUT2D eigenvalue weighted by Crippen LogP contribution is -2.42. The van der Waals surface area contributed by atoms with Crippen molar-refractivity contribution >= 4 is 11.8 Å². The molecule has 2 amide bonds. The number of urea groups is 1. The van der Waals surface area contributed by atoms with Gasteiger partial charge in [-0.05, 0) is 31.2 Å². The van der Waals surface area contributed by atoms with E-state index in [1.54, 1.807) is 19.1 Å². The number of aromatic amines is 1. The molecule has 3 aromatic heterocycles. The van der Waals surface area contributed by atoms with Gasteiger partial charge in [-0.3, -0.25) is 10.1 Å². The molecule has 0 saturated carbocycles. The zero-order valence-corrected chi connectivity index (χ0v) is 18.9. The molecule has 1 aliphatic heterocycles. The van der Waals surface area contributed by atoms with Crippen molar-refractivity contribution in [3.05, 3.63) is 53.6 Å². The summed E-state index contributed by atoms with van der Waals surface area (Å²) < 4.78 is 41.7. The maximum Gasteiger partial charge on any atom is 0.573 e. The number of hydrogen-bond acceptors (Lipinski definition) is 8. The third-order valence-electron chi connectivity index (χ3n) is 5.71. The Morgan fingerprint density at radius 2 is 2.17 bits per heavy atom. The fraction of sp³-hybridized carbons (Fsp3) is 0.318. The number of carbonyl (C=O) groups excluding carboxylic acids is 1. The molecule has 1 saturated heterocycles. The van der Waals surface area contributed by atoms with E-state index >= 15 is 0 Å². The lowest BCUT2D eigenvalue weighted by molar-refractivity contribution is -0.274. The number of halogens is 3. The molecule has 0 radical (unpaired) electrons. The van der Waals surface area contributed by atoms with Crippen molar-refractivity contribution in [3.8, 4) is 23.1 Å². The van der Waals surface area contributed by atoms with Gasteiger partial charge in [-0.1, -0.05) is 0 Å². The van der Waals surface area contributed by atoms with Gasteiger partial charge < -0.3 is 25.8 Å². The van der Waals surface area contributed by atoms with E-state index in [0.717, 1.165) is 6.07 Å². The lowest BCUT2D eigenvalue weighted by atomic mass is 9.98. The largest absolute Gasteiger partial charge is 0.573 e. The van der Waals surface area contributed by atoms with Crippen molar-refractivity contribution < 1.29 is 27.8 Å². The molecular weight excluding hydrogens is 481 g/mol. The number of amides is 2. The highest BCUT2D eigenvalue weighted by Crippen LogP contribution is 2.35. The van der Waals surface area contributed by atoms with Crippen molar-refractivity contribution in [2.75, 3.05) is 18.8 Å². The van der Waals surface area contributed by atoms with Crippen LogP contribution in [0, 0.1) is 11.3 Å². The quantitative estimate of drug-likeness (QED) is 0.413. The van der Waals surface area contributed by atoms with Crippen LogP contribution >= 0.6 is 0 Å². The van der Waals surface area contributed by atoms with E-state index in [1.165, 1.54) is 23.4 Å². The number of nitrogens with zero attached hydrogens (tertiary/aromatic N) is 5. The first-order chi connectivity index (χ1) is 17.0. The van der Waals surface area contributed by atoms with Gasteiger partial charge in [-0.25, -0.2) is 9.78 Å². The number of carbonyl (C=O) groups is 1. The minimum absolute atomic E-state index is 0.0543. The van der Waals surface area contributed by atoms with Crippen LogP contribution in [0.2, 0.25) is 0 Å². The molecule has 0 aromatic carbocycles. The first-order valence-corrected chi connectivity index (χ1v) is 10.7. The zero-order chi connectivity index (χ0) is 26.1. The summed E-state index contributed by atoms with van der Waals surface area (Å²) >= 11 is 0. The molecule has 1 unspecified atom stereocenters. The number of nitriles is 1. The molecule has 36 heavy (non-hydrogen) atoms. The Morgan fingerprint density at radius 1 is 1.39 bits per heavy atom. The van der Waals surface area contributed by atoms with Crippen LogP contribution in [0.4, 0.5) is 23.8 Å². The smallest absolute Gasteiger partial charge is 0.402 e. The van der Waals surface area contributed by atoms with Crippen LogP contribution in [0.25, 0.3) is 11.3 Å². The highest BCUT2D eigenvalue weighted by atomic mass is 19.4. The van der Waals surface area contributed by atoms with Crippen molar-refractivity contribution in [3.63, 3.8) is 0 Å². The molecule has 14 heteroatoms. The fourth-order valence-electron chi connectivity index (χ4n) is 3.80. The number of β-amino-alcohol motifs (C(OH)–C–C–N with tert-alkyl or cyclic N) is 1. The topological polar surface area (TPSA) is 166 Å². The predicted molar refractivity (Wildman–Crippen MR) is 119 cm³/mol. The Hall–Kier alpha value is -4.38. The van der Waals surface area contributed by atoms with E-state index in [4.69, 9.17) is 11.0 Å². The van der Waals surface area contributed by atoms with Crippen molar-refractivity contribution in [2.45, 2.75) is 31.3 Å². The maximum atomic E-state index is 12.8. The van der Waals surface area contributed by atoms with Gasteiger partial charge in [0.1, 0.15) is 5.60 Å². The van der Waals surface area contributed by atoms with E-state index in [2.05, 4.69) is 30.2 Å². The van der Waals surface area contributed by atoms with Crippen molar-refractivity contribution in [2.24, 2.45) is 0 Å². The highest BCUT2D eigenvalue weighted by molar-refractivity contribution is 5.75. The second-order valence-corrected chi connectivity index (χ2v) is 8.28. The zero-order valence-electron chi connectivity index (χ0n) is 18.9. The van der Waals surface area contributed by atoms with Gasteiger partial charge in [0.05, 0.1) is 41.3 Å². The number of H-pyrrole nitrogens is 1. The molecule has 0 bridgehead atoms. The number of rotatable bonds is 5. The number of nitrogen functional groups attached to an aromatic ring is 1. The summed E-state index contributed by atoms with van der Waals surface area (Å²) in [5.41, 5.74) is 5.60. The molecule has 4 rings (SSSR count). The molecule has 3 aromatic rings. The molecule has 188 valence electrons. The fourth-order valence-corrected chi connectivity index (χ4v) is 3.80. The van der Waals surface area contributed by atoms with Crippen LogP contribution in [-0.2, 0) is 5.60 Å². The summed E-state index contributed by atoms with van der Waals surface area (Å²) in [4.78, 5) is 22.1. The van der Waals surface area contributed by atoms with Crippen LogP contribution in [0.15, 0.2) is 36.7 Å². The Bertz CT molecular complexity index is 1320. The minimum atomic E-state index is -4.94. The number of pyridine rings is 2. The molecule has 0 spiro atoms. The molecule has 11 nitrogen and oxygen atoms in total. The van der Waals surface area contributed by atoms with E-state index in [-0.39, 0.29) is 36.5 Å². The average Bonchev–Trinajstić information content (AvgIpc) is 3.48. The molecular formula is C22H21F3N8O3. The summed E-state index contributed by atoms with van der Waals surface area (Å²) in [6.07, 6.45) is -2.04. The van der Waals surface area contributed by atoms with Crippen LogP contribution in [0.3, 0.4) is 0 Å². The average molecular weight is 502 g/mol. The van der Waals surface area contributed by atoms with Crippen molar-refractivity contribution in [1.29, 1.82) is 5.26 Å². The lowest BCUT2D eigenvalue weighted by Gasteiger charge is -2.23. The highest BCUT2D eigenvalue weighted by Gasteiger charge is 2.41. The number of nitrogens with one attached hydrogen (secondary N) is 2. The Kier molecular flexibility index (Phi) is 6.42. The molecule has 4 heterocycles. The minimum Gasteiger partial charge on any atom is -0.402 e. The Balaban J connectivity index is 1.45. The van der Waals surface area contributed by atoms with E-state index < -0.39 is 35.6 Å². The van der Waals surface area contributed by atoms with Gasteiger partial charge in [0.25, 0.3) is 0 Å². The van der Waals surface area contributed by atoms with Gasteiger partial charge in [0.15, 0.2) is 11.6 Å². The Morgan fingerprint density at radius 3 is 2.89 bits per heavy atom. The van der Waals surface area contributed by atoms with Crippen LogP contribution < -0.4 is 15.8 Å². The number of anilines is 1. The number of aromatic nitrogens is 4. The third kappa shape index (κ3) is 5.31. The second-order valence-electron chi connectivity index (χ2n) is 8.28. The monoisotopic (exact) mass is 502 g/mol. The third-order valence-corrected chi connectivity index (χ3v) is 5.71. The standard InChI is InChI=1S/C22H21F3N8O3/c1-12(15-6-13(9-26)2-4-28-15)30-20(34)33-5-3-21(35,11-33)18-8-16(31-32-18)14-7-17(19(27)29-10-14)36-22(23,24)25/h2,4,6-8,10,12,35H,3,5,11H2,1H3,(H2,27,29)(H,30,34)(H,31,32)/t12-,21?/m1/s1. The SMILES string of the molecule is C[C@@H](NC(=O)N1CCC(O)(c2cc(-c3cnc(N)c(OC(F)(F)F)c3)n[nH]2)C1)c1cc(C#N)ccn1.